The second-order valence-electron chi connectivity index (χ2n) is 0.314. The van der Waals surface area contributed by atoms with E-state index >= 15 is 0 Å². The van der Waals surface area contributed by atoms with Crippen molar-refractivity contribution in [2.24, 2.45) is 0 Å². The summed E-state index contributed by atoms with van der Waals surface area (Å²) >= 11 is 0. The topological polar surface area (TPSA) is 0 Å². The van der Waals surface area contributed by atoms with Crippen molar-refractivity contribution >= 4 is 0 Å². The minimum absolute atomic E-state index is 0.781. The summed E-state index contributed by atoms with van der Waals surface area (Å²) in [5.41, 5.74) is 0. The van der Waals surface area contributed by atoms with Crippen LogP contribution in [0.5, 0.6) is 0 Å². The van der Waals surface area contributed by atoms with Crippen LogP contribution in [0.25, 0.3) is 0 Å². The summed E-state index contributed by atoms with van der Waals surface area (Å²) < 4.78 is 20.7. The van der Waals surface area contributed by atoms with Crippen LogP contribution in [-0.2, 0) is 0 Å². The van der Waals surface area contributed by atoms with Crippen molar-refractivity contribution in [2.75, 3.05) is 0 Å². The monoisotopic (exact) mass is 74.0 g/mol. The van der Waals surface area contributed by atoms with Gasteiger partial charge in [-0.2, -0.15) is 0 Å². The van der Waals surface area contributed by atoms with Crippen molar-refractivity contribution in [1.82, 2.24) is 0 Å². The Balaban J connectivity index is 2.81. The van der Waals surface area contributed by atoms with Crippen LogP contribution in [0.15, 0.2) is 0 Å². The highest BCUT2D eigenvalue weighted by Crippen LogP contribution is 1.67. The molecule has 0 aromatic carbocycles. The fraction of sp³-hybridized carbons (Fsp3) is 0. The summed E-state index contributed by atoms with van der Waals surface area (Å²) in [4.78, 5) is 0. The molecular formula is C3F2. The van der Waals surface area contributed by atoms with E-state index in [1.165, 1.54) is 5.92 Å². The molecule has 0 amide bonds. The molecule has 0 aromatic rings. The fourth-order valence-electron chi connectivity index (χ4n) is 0.0179. The maximum absolute atomic E-state index is 10.3. The smallest absolute Gasteiger partial charge is 0.220 e. The van der Waals surface area contributed by atoms with Crippen molar-refractivity contribution < 1.29 is 8.78 Å². The number of halogens is 2. The van der Waals surface area contributed by atoms with E-state index in [0.29, 0.717) is 0 Å². The van der Waals surface area contributed by atoms with E-state index in [1.807, 2.05) is 0 Å². The van der Waals surface area contributed by atoms with E-state index in [0.717, 1.165) is 12.8 Å². The molecule has 2 heteroatoms. The Morgan fingerprint density at radius 3 is 1.80 bits per heavy atom. The lowest BCUT2D eigenvalue weighted by atomic mass is 10.8. The van der Waals surface area contributed by atoms with Crippen LogP contribution in [-0.4, -0.2) is 0 Å². The molecule has 0 atom stereocenters. The van der Waals surface area contributed by atoms with Crippen LogP contribution < -0.4 is 0 Å². The van der Waals surface area contributed by atoms with Gasteiger partial charge >= 0.3 is 0 Å². The van der Waals surface area contributed by atoms with Gasteiger partial charge < -0.3 is 0 Å². The summed E-state index contributed by atoms with van der Waals surface area (Å²) in [7, 11) is 0. The van der Waals surface area contributed by atoms with Crippen molar-refractivity contribution in [1.29, 1.82) is 0 Å². The number of hydrogen-bond acceptors (Lipinski definition) is 0. The van der Waals surface area contributed by atoms with Gasteiger partial charge in [0.1, 0.15) is 6.17 Å². The van der Waals surface area contributed by atoms with Gasteiger partial charge in [-0.25, -0.2) is 4.39 Å². The molecule has 0 rings (SSSR count). The molecule has 0 aliphatic heterocycles. The quantitative estimate of drug-likeness (QED) is 0.375. The van der Waals surface area contributed by atoms with E-state index in [1.54, 1.807) is 0 Å². The molecule has 2 radical (unpaired) electrons. The molecule has 5 heavy (non-hydrogen) atoms. The third-order valence-corrected chi connectivity index (χ3v) is 0.0945. The number of hydrogen-bond donors (Lipinski definition) is 0. The molecule has 0 fully saturated rings. The van der Waals surface area contributed by atoms with Gasteiger partial charge in [0.25, 0.3) is 6.67 Å². The zero-order chi connectivity index (χ0) is 4.12. The number of rotatable bonds is 0. The molecular weight excluding hydrogens is 74.0 g/mol. The lowest BCUT2D eigenvalue weighted by Crippen LogP contribution is -1.42. The van der Waals surface area contributed by atoms with E-state index < -0.39 is 0 Å². The zero-order valence-electron chi connectivity index (χ0n) is 2.26. The zero-order valence-corrected chi connectivity index (χ0v) is 2.26. The lowest BCUT2D eigenvalue weighted by molar-refractivity contribution is 0.661. The fourth-order valence-corrected chi connectivity index (χ4v) is 0.0179. The first-order valence-electron chi connectivity index (χ1n) is 0.878. The minimum Gasteiger partial charge on any atom is -0.220 e. The van der Waals surface area contributed by atoms with Gasteiger partial charge in [0.15, 0.2) is 0 Å². The Labute approximate surface area is 28.8 Å². The van der Waals surface area contributed by atoms with Crippen LogP contribution in [0.1, 0.15) is 0 Å². The van der Waals surface area contributed by atoms with Crippen molar-refractivity contribution in [3.05, 3.63) is 6.67 Å². The highest BCUT2D eigenvalue weighted by molar-refractivity contribution is 4.97. The summed E-state index contributed by atoms with van der Waals surface area (Å²) in [5, 5.41) is 0. The third-order valence-electron chi connectivity index (χ3n) is 0.0945. The molecule has 0 aromatic heterocycles. The van der Waals surface area contributed by atoms with Crippen molar-refractivity contribution in [3.63, 3.8) is 0 Å². The van der Waals surface area contributed by atoms with Gasteiger partial charge in [-0.1, -0.05) is 0 Å². The van der Waals surface area contributed by atoms with Crippen molar-refractivity contribution in [3.8, 4) is 12.1 Å². The van der Waals surface area contributed by atoms with E-state index in [9.17, 15) is 8.78 Å². The first-order valence-corrected chi connectivity index (χ1v) is 0.878. The Morgan fingerprint density at radius 2 is 1.80 bits per heavy atom. The standard InChI is InChI=1S/C3F2/c4-2-1-3-5. The summed E-state index contributed by atoms with van der Waals surface area (Å²) in [6, 6.07) is 0. The van der Waals surface area contributed by atoms with E-state index in [-0.39, 0.29) is 0 Å². The van der Waals surface area contributed by atoms with Gasteiger partial charge in [-0.05, 0) is 5.92 Å². The molecule has 0 heterocycles. The maximum atomic E-state index is 10.3. The van der Waals surface area contributed by atoms with Gasteiger partial charge in [0.2, 0.25) is 0 Å². The van der Waals surface area contributed by atoms with Crippen LogP contribution in [0.3, 0.4) is 0 Å². The molecule has 0 nitrogen and oxygen atoms in total. The molecule has 0 spiro atoms. The second-order valence-corrected chi connectivity index (χ2v) is 0.314. The van der Waals surface area contributed by atoms with Crippen LogP contribution in [0.2, 0.25) is 0 Å². The average molecular weight is 74.0 g/mol. The van der Waals surface area contributed by atoms with Crippen LogP contribution in [0.4, 0.5) is 8.78 Å². The lowest BCUT2D eigenvalue weighted by Gasteiger charge is -1.47. The van der Waals surface area contributed by atoms with E-state index in [4.69, 9.17) is 0 Å². The van der Waals surface area contributed by atoms with Crippen LogP contribution in [0, 0.1) is 18.8 Å². The maximum Gasteiger partial charge on any atom is 0.272 e. The average Bonchev–Trinajstić information content (AvgIpc) is 1.41. The predicted molar refractivity (Wildman–Crippen MR) is 13.2 cm³/mol. The highest BCUT2D eigenvalue weighted by atomic mass is 19.1. The third kappa shape index (κ3) is 3.42. The molecule has 0 saturated heterocycles. The molecule has 0 aliphatic carbocycles. The second kappa shape index (κ2) is 3.42. The minimum atomic E-state index is 0.781. The highest BCUT2D eigenvalue weighted by Gasteiger charge is 1.61. The molecule has 0 unspecified atom stereocenters. The van der Waals surface area contributed by atoms with Gasteiger partial charge in [-0.3, -0.25) is 0 Å². The van der Waals surface area contributed by atoms with Gasteiger partial charge in [0, 0.05) is 0 Å². The molecule has 26 valence electrons. The SMILES string of the molecule is F[C]C#CF. The Morgan fingerprint density at radius 1 is 1.20 bits per heavy atom. The van der Waals surface area contributed by atoms with Crippen molar-refractivity contribution in [2.45, 2.75) is 0 Å². The van der Waals surface area contributed by atoms with E-state index in [2.05, 4.69) is 0 Å². The Bertz CT molecular complexity index is 57.0. The molecule has 0 bridgehead atoms. The summed E-state index contributed by atoms with van der Waals surface area (Å²) in [6.45, 7) is 0.781. The summed E-state index contributed by atoms with van der Waals surface area (Å²) in [5.74, 6) is 1.28. The first kappa shape index (κ1) is 4.42. The Kier molecular flexibility index (Phi) is 3.02. The predicted octanol–water partition coefficient (Wildman–Crippen LogP) is 0.925. The normalized spacial score (nSPS) is 5.20. The largest absolute Gasteiger partial charge is 0.272 e. The molecule has 0 saturated carbocycles. The van der Waals surface area contributed by atoms with Gasteiger partial charge in [-0.15, -0.1) is 4.39 Å². The molecule has 0 N–H and O–H groups in total. The van der Waals surface area contributed by atoms with Crippen LogP contribution >= 0.6 is 0 Å². The van der Waals surface area contributed by atoms with Gasteiger partial charge in [0.05, 0.1) is 0 Å². The summed E-state index contributed by atoms with van der Waals surface area (Å²) in [6.07, 6.45) is 0.781. The molecule has 0 aliphatic rings. The Hall–Kier alpha value is -0.580. The first-order chi connectivity index (χ1) is 2.41.